The quantitative estimate of drug-likeness (QED) is 0.396. The average molecular weight is 377 g/mol. The van der Waals surface area contributed by atoms with Crippen LogP contribution in [0.25, 0.3) is 27.8 Å². The number of fused-ring (bicyclic) bond motifs is 1. The van der Waals surface area contributed by atoms with Gasteiger partial charge in [0.05, 0.1) is 17.5 Å². The number of nitrogens with zero attached hydrogens (tertiary/aromatic N) is 3. The molecule has 0 fully saturated rings. The number of benzene rings is 3. The number of pyridine rings is 1. The van der Waals surface area contributed by atoms with E-state index in [-0.39, 0.29) is 0 Å². The standard InChI is InChI=1S/C25H19N3O/c1-2-4-19(5-3-1)17-29-23-10-6-20(7-11-23)24-12-8-21-16-22(9-13-25(21)27-24)28-15-14-26-18-28/h1-16,18H,17H2. The maximum absolute atomic E-state index is 5.87. The predicted molar refractivity (Wildman–Crippen MR) is 115 cm³/mol. The van der Waals surface area contributed by atoms with Crippen LogP contribution >= 0.6 is 0 Å². The lowest BCUT2D eigenvalue weighted by Crippen LogP contribution is -1.95. The molecule has 0 aliphatic rings. The van der Waals surface area contributed by atoms with Gasteiger partial charge in [0.1, 0.15) is 12.4 Å². The summed E-state index contributed by atoms with van der Waals surface area (Å²) in [7, 11) is 0. The summed E-state index contributed by atoms with van der Waals surface area (Å²) in [4.78, 5) is 8.93. The number of aromatic nitrogens is 3. The maximum Gasteiger partial charge on any atom is 0.119 e. The van der Waals surface area contributed by atoms with Gasteiger partial charge < -0.3 is 9.30 Å². The van der Waals surface area contributed by atoms with Crippen molar-refractivity contribution in [3.63, 3.8) is 0 Å². The highest BCUT2D eigenvalue weighted by Gasteiger charge is 2.04. The monoisotopic (exact) mass is 377 g/mol. The van der Waals surface area contributed by atoms with Crippen LogP contribution in [0, 0.1) is 0 Å². The van der Waals surface area contributed by atoms with Crippen molar-refractivity contribution in [2.75, 3.05) is 0 Å². The molecule has 0 saturated carbocycles. The number of imidazole rings is 1. The highest BCUT2D eigenvalue weighted by atomic mass is 16.5. The molecular weight excluding hydrogens is 358 g/mol. The van der Waals surface area contributed by atoms with E-state index in [2.05, 4.69) is 41.4 Å². The van der Waals surface area contributed by atoms with E-state index in [0.717, 1.165) is 39.2 Å². The Bertz CT molecular complexity index is 1230. The van der Waals surface area contributed by atoms with Crippen LogP contribution in [-0.4, -0.2) is 14.5 Å². The molecule has 5 rings (SSSR count). The van der Waals surface area contributed by atoms with Gasteiger partial charge in [0.2, 0.25) is 0 Å². The van der Waals surface area contributed by atoms with E-state index in [0.29, 0.717) is 6.61 Å². The number of rotatable bonds is 5. The minimum Gasteiger partial charge on any atom is -0.489 e. The SMILES string of the molecule is c1ccc(COc2ccc(-c3ccc4cc(-n5ccnc5)ccc4n3)cc2)cc1. The van der Waals surface area contributed by atoms with Crippen LogP contribution in [0.3, 0.4) is 0 Å². The lowest BCUT2D eigenvalue weighted by atomic mass is 10.1. The van der Waals surface area contributed by atoms with Crippen LogP contribution in [0.2, 0.25) is 0 Å². The molecule has 5 aromatic rings. The van der Waals surface area contributed by atoms with Gasteiger partial charge in [0.15, 0.2) is 0 Å². The molecule has 29 heavy (non-hydrogen) atoms. The van der Waals surface area contributed by atoms with Gasteiger partial charge >= 0.3 is 0 Å². The molecule has 0 aliphatic heterocycles. The molecule has 0 spiro atoms. The fourth-order valence-electron chi connectivity index (χ4n) is 3.31. The van der Waals surface area contributed by atoms with Gasteiger partial charge in [-0.15, -0.1) is 0 Å². The molecule has 0 saturated heterocycles. The highest BCUT2D eigenvalue weighted by molar-refractivity contribution is 5.83. The lowest BCUT2D eigenvalue weighted by Gasteiger charge is -2.08. The summed E-state index contributed by atoms with van der Waals surface area (Å²) in [6.07, 6.45) is 5.51. The molecule has 0 aliphatic carbocycles. The number of hydrogen-bond donors (Lipinski definition) is 0. The molecule has 2 heterocycles. The Labute approximate surface area is 169 Å². The van der Waals surface area contributed by atoms with E-state index in [9.17, 15) is 0 Å². The molecule has 4 nitrogen and oxygen atoms in total. The summed E-state index contributed by atoms with van der Waals surface area (Å²) in [5, 5.41) is 1.10. The first-order valence-electron chi connectivity index (χ1n) is 9.51. The van der Waals surface area contributed by atoms with Gasteiger partial charge in [-0.05, 0) is 54.1 Å². The van der Waals surface area contributed by atoms with Crippen LogP contribution in [0.15, 0.2) is 104 Å². The van der Waals surface area contributed by atoms with Crippen LogP contribution in [0.4, 0.5) is 0 Å². The minimum absolute atomic E-state index is 0.563. The van der Waals surface area contributed by atoms with E-state index in [1.54, 1.807) is 12.5 Å². The van der Waals surface area contributed by atoms with Crippen molar-refractivity contribution in [1.29, 1.82) is 0 Å². The van der Waals surface area contributed by atoms with Gasteiger partial charge in [0.25, 0.3) is 0 Å². The summed E-state index contributed by atoms with van der Waals surface area (Å²) in [5.41, 5.74) is 5.21. The first-order chi connectivity index (χ1) is 14.3. The first-order valence-corrected chi connectivity index (χ1v) is 9.51. The Morgan fingerprint density at radius 2 is 1.69 bits per heavy atom. The average Bonchev–Trinajstić information content (AvgIpc) is 3.33. The molecule has 0 bridgehead atoms. The summed E-state index contributed by atoms with van der Waals surface area (Å²) in [5.74, 6) is 0.850. The Hall–Kier alpha value is -3.92. The Balaban J connectivity index is 1.35. The Morgan fingerprint density at radius 1 is 0.828 bits per heavy atom. The Morgan fingerprint density at radius 3 is 2.48 bits per heavy atom. The van der Waals surface area contributed by atoms with Crippen LogP contribution < -0.4 is 4.74 Å². The fraction of sp³-hybridized carbons (Fsp3) is 0.0400. The van der Waals surface area contributed by atoms with Crippen molar-refractivity contribution >= 4 is 10.9 Å². The smallest absolute Gasteiger partial charge is 0.119 e. The number of hydrogen-bond acceptors (Lipinski definition) is 3. The zero-order valence-corrected chi connectivity index (χ0v) is 15.8. The third-order valence-corrected chi connectivity index (χ3v) is 4.87. The van der Waals surface area contributed by atoms with Crippen molar-refractivity contribution in [3.8, 4) is 22.7 Å². The minimum atomic E-state index is 0.563. The second-order valence-corrected chi connectivity index (χ2v) is 6.84. The van der Waals surface area contributed by atoms with Gasteiger partial charge in [0, 0.05) is 29.0 Å². The molecule has 0 amide bonds. The van der Waals surface area contributed by atoms with Crippen molar-refractivity contribution in [2.24, 2.45) is 0 Å². The summed E-state index contributed by atoms with van der Waals surface area (Å²) < 4.78 is 7.86. The first kappa shape index (κ1) is 17.2. The Kier molecular flexibility index (Phi) is 4.51. The van der Waals surface area contributed by atoms with E-state index in [4.69, 9.17) is 9.72 Å². The third-order valence-electron chi connectivity index (χ3n) is 4.87. The molecule has 140 valence electrons. The van der Waals surface area contributed by atoms with Gasteiger partial charge in [-0.25, -0.2) is 9.97 Å². The predicted octanol–water partition coefficient (Wildman–Crippen LogP) is 5.67. The summed E-state index contributed by atoms with van der Waals surface area (Å²) in [6.45, 7) is 0.563. The molecule has 0 unspecified atom stereocenters. The largest absolute Gasteiger partial charge is 0.489 e. The van der Waals surface area contributed by atoms with Gasteiger partial charge in [-0.2, -0.15) is 0 Å². The van der Waals surface area contributed by atoms with Crippen molar-refractivity contribution in [2.45, 2.75) is 6.61 Å². The van der Waals surface area contributed by atoms with E-state index in [1.165, 1.54) is 0 Å². The molecule has 3 aromatic carbocycles. The second kappa shape index (κ2) is 7.60. The van der Waals surface area contributed by atoms with Crippen molar-refractivity contribution < 1.29 is 4.74 Å². The fourth-order valence-corrected chi connectivity index (χ4v) is 3.31. The normalized spacial score (nSPS) is 10.9. The molecule has 0 N–H and O–H groups in total. The highest BCUT2D eigenvalue weighted by Crippen LogP contribution is 2.25. The summed E-state index contributed by atoms with van der Waals surface area (Å²) >= 11 is 0. The van der Waals surface area contributed by atoms with E-state index in [1.807, 2.05) is 59.3 Å². The lowest BCUT2D eigenvalue weighted by molar-refractivity contribution is 0.306. The van der Waals surface area contributed by atoms with Crippen LogP contribution in [0.1, 0.15) is 5.56 Å². The van der Waals surface area contributed by atoms with Gasteiger partial charge in [-0.1, -0.05) is 36.4 Å². The maximum atomic E-state index is 5.87. The number of ether oxygens (including phenoxy) is 1. The molecular formula is C25H19N3O. The zero-order valence-electron chi connectivity index (χ0n) is 15.8. The van der Waals surface area contributed by atoms with E-state index < -0.39 is 0 Å². The molecule has 0 radical (unpaired) electrons. The van der Waals surface area contributed by atoms with Crippen LogP contribution in [0.5, 0.6) is 5.75 Å². The topological polar surface area (TPSA) is 39.9 Å². The van der Waals surface area contributed by atoms with E-state index >= 15 is 0 Å². The molecule has 2 aromatic heterocycles. The third kappa shape index (κ3) is 3.73. The molecule has 0 atom stereocenters. The second-order valence-electron chi connectivity index (χ2n) is 6.84. The van der Waals surface area contributed by atoms with Gasteiger partial charge in [-0.3, -0.25) is 0 Å². The summed E-state index contributed by atoms with van der Waals surface area (Å²) in [6, 6.07) is 28.6. The van der Waals surface area contributed by atoms with Crippen LogP contribution in [-0.2, 0) is 6.61 Å². The zero-order chi connectivity index (χ0) is 19.5. The van der Waals surface area contributed by atoms with Crippen molar-refractivity contribution in [1.82, 2.24) is 14.5 Å². The van der Waals surface area contributed by atoms with Crippen molar-refractivity contribution in [3.05, 3.63) is 109 Å². The molecule has 4 heteroatoms.